The van der Waals surface area contributed by atoms with Gasteiger partial charge in [0.2, 0.25) is 0 Å². The van der Waals surface area contributed by atoms with Gasteiger partial charge in [0, 0.05) is 24.4 Å². The molecule has 0 radical (unpaired) electrons. The van der Waals surface area contributed by atoms with E-state index in [2.05, 4.69) is 4.98 Å². The van der Waals surface area contributed by atoms with Crippen molar-refractivity contribution in [2.24, 2.45) is 5.90 Å². The lowest BCUT2D eigenvalue weighted by Crippen LogP contribution is -2.78. The highest BCUT2D eigenvalue weighted by molar-refractivity contribution is 5.94. The number of benzene rings is 1. The fourth-order valence-electron chi connectivity index (χ4n) is 4.29. The minimum Gasteiger partial charge on any atom is -0.481 e. The molecule has 4 atom stereocenters. The van der Waals surface area contributed by atoms with Gasteiger partial charge in [-0.25, -0.2) is 10.3 Å². The standard InChI is InChI=1S/C21H26FN3O5/c1-13-21(30-23,9-7-16-15-6-4-3-5-14(15)8-10-24-16)20(28)25(13)17(11-19(26)27)18(12-22)29-2/h3-6,8,10,13,17-18H,7,9,11-12,23H2,1-2H3,(H,26,27)/t13?,17-,18?,21?/m0/s1. The van der Waals surface area contributed by atoms with Crippen LogP contribution in [0, 0.1) is 0 Å². The summed E-state index contributed by atoms with van der Waals surface area (Å²) in [6.45, 7) is 0.798. The Hall–Kier alpha value is -2.62. The number of nitrogens with two attached hydrogens (primary N) is 1. The summed E-state index contributed by atoms with van der Waals surface area (Å²) in [5, 5.41) is 11.2. The number of fused-ring (bicyclic) bond motifs is 1. The number of aryl methyl sites for hydroxylation is 1. The molecule has 9 heteroatoms. The average Bonchev–Trinajstić information content (AvgIpc) is 2.75. The Kier molecular flexibility index (Phi) is 6.64. The second kappa shape index (κ2) is 9.03. The number of carboxylic acid groups (broad SMARTS) is 1. The van der Waals surface area contributed by atoms with Crippen LogP contribution in [0.3, 0.4) is 0 Å². The Bertz CT molecular complexity index is 917. The molecule has 0 aliphatic carbocycles. The normalized spacial score (nSPS) is 23.3. The van der Waals surface area contributed by atoms with E-state index in [4.69, 9.17) is 15.5 Å². The number of likely N-dealkylation sites (tertiary alicyclic amines) is 1. The van der Waals surface area contributed by atoms with E-state index in [1.807, 2.05) is 30.3 Å². The highest BCUT2D eigenvalue weighted by atomic mass is 19.1. The van der Waals surface area contributed by atoms with Gasteiger partial charge in [0.25, 0.3) is 5.91 Å². The van der Waals surface area contributed by atoms with Crippen molar-refractivity contribution in [2.45, 2.75) is 50.0 Å². The molecule has 2 heterocycles. The van der Waals surface area contributed by atoms with Gasteiger partial charge < -0.3 is 14.7 Å². The lowest BCUT2D eigenvalue weighted by atomic mass is 9.76. The summed E-state index contributed by atoms with van der Waals surface area (Å²) < 4.78 is 18.5. The van der Waals surface area contributed by atoms with Gasteiger partial charge in [-0.3, -0.25) is 19.4 Å². The number of pyridine rings is 1. The van der Waals surface area contributed by atoms with E-state index in [9.17, 15) is 19.1 Å². The second-order valence-electron chi connectivity index (χ2n) is 7.47. The Morgan fingerprint density at radius 1 is 1.40 bits per heavy atom. The molecule has 0 saturated carbocycles. The van der Waals surface area contributed by atoms with Crippen molar-refractivity contribution in [3.05, 3.63) is 42.2 Å². The van der Waals surface area contributed by atoms with Crippen LogP contribution in [0.15, 0.2) is 36.5 Å². The number of halogens is 1. The number of ether oxygens (including phenoxy) is 1. The first-order chi connectivity index (χ1) is 14.4. The fraction of sp³-hybridized carbons (Fsp3) is 0.476. The molecule has 1 aliphatic heterocycles. The molecule has 1 saturated heterocycles. The second-order valence-corrected chi connectivity index (χ2v) is 7.47. The zero-order valence-corrected chi connectivity index (χ0v) is 17.0. The minimum absolute atomic E-state index is 0.258. The summed E-state index contributed by atoms with van der Waals surface area (Å²) in [4.78, 5) is 35.3. The monoisotopic (exact) mass is 419 g/mol. The van der Waals surface area contributed by atoms with Crippen LogP contribution >= 0.6 is 0 Å². The van der Waals surface area contributed by atoms with Crippen LogP contribution < -0.4 is 5.90 Å². The quantitative estimate of drug-likeness (QED) is 0.446. The smallest absolute Gasteiger partial charge is 0.305 e. The number of aromatic nitrogens is 1. The molecule has 1 amide bonds. The van der Waals surface area contributed by atoms with Gasteiger partial charge in [0.15, 0.2) is 5.60 Å². The fourth-order valence-corrected chi connectivity index (χ4v) is 4.29. The van der Waals surface area contributed by atoms with Crippen molar-refractivity contribution < 1.29 is 28.7 Å². The van der Waals surface area contributed by atoms with Gasteiger partial charge in [-0.2, -0.15) is 0 Å². The van der Waals surface area contributed by atoms with Gasteiger partial charge in [0.1, 0.15) is 12.8 Å². The molecule has 0 bridgehead atoms. The molecule has 2 aromatic rings. The van der Waals surface area contributed by atoms with Crippen molar-refractivity contribution in [3.8, 4) is 0 Å². The van der Waals surface area contributed by atoms with Crippen LogP contribution in [0.25, 0.3) is 10.8 Å². The summed E-state index contributed by atoms with van der Waals surface area (Å²) in [5.41, 5.74) is -0.521. The van der Waals surface area contributed by atoms with Crippen molar-refractivity contribution >= 4 is 22.6 Å². The van der Waals surface area contributed by atoms with Crippen molar-refractivity contribution in [1.82, 2.24) is 9.88 Å². The maximum atomic E-state index is 13.4. The summed E-state index contributed by atoms with van der Waals surface area (Å²) in [7, 11) is 1.28. The zero-order valence-electron chi connectivity index (χ0n) is 17.0. The zero-order chi connectivity index (χ0) is 21.9. The number of methoxy groups -OCH3 is 1. The first-order valence-electron chi connectivity index (χ1n) is 9.73. The van der Waals surface area contributed by atoms with E-state index in [0.717, 1.165) is 16.5 Å². The Labute approximate surface area is 173 Å². The van der Waals surface area contributed by atoms with Gasteiger partial charge in [-0.1, -0.05) is 24.3 Å². The highest BCUT2D eigenvalue weighted by Crippen LogP contribution is 2.40. The summed E-state index contributed by atoms with van der Waals surface area (Å²) in [6, 6.07) is 8.18. The topological polar surface area (TPSA) is 115 Å². The van der Waals surface area contributed by atoms with E-state index >= 15 is 0 Å². The molecule has 3 N–H and O–H groups in total. The van der Waals surface area contributed by atoms with E-state index < -0.39 is 48.8 Å². The van der Waals surface area contributed by atoms with Gasteiger partial charge in [0.05, 0.1) is 18.5 Å². The average molecular weight is 419 g/mol. The van der Waals surface area contributed by atoms with E-state index in [1.54, 1.807) is 13.1 Å². The third-order valence-electron chi connectivity index (χ3n) is 6.01. The van der Waals surface area contributed by atoms with Crippen LogP contribution in [0.4, 0.5) is 4.39 Å². The Morgan fingerprint density at radius 3 is 2.73 bits per heavy atom. The first kappa shape index (κ1) is 22.1. The van der Waals surface area contributed by atoms with E-state index in [1.165, 1.54) is 12.0 Å². The SMILES string of the molecule is COC(CF)[C@H](CC(=O)O)N1C(=O)C(CCc2nccc3ccccc23)(ON)C1C. The lowest BCUT2D eigenvalue weighted by Gasteiger charge is -2.56. The molecule has 162 valence electrons. The van der Waals surface area contributed by atoms with E-state index in [-0.39, 0.29) is 6.42 Å². The Balaban J connectivity index is 1.82. The molecule has 1 aliphatic rings. The molecule has 30 heavy (non-hydrogen) atoms. The molecule has 1 aromatic carbocycles. The van der Waals surface area contributed by atoms with Crippen molar-refractivity contribution in [1.29, 1.82) is 0 Å². The number of carbonyl (C=O) groups is 2. The number of aliphatic carboxylic acids is 1. The molecule has 8 nitrogen and oxygen atoms in total. The summed E-state index contributed by atoms with van der Waals surface area (Å²) in [6.07, 6.45) is 0.906. The number of rotatable bonds is 10. The maximum Gasteiger partial charge on any atom is 0.305 e. The number of nitrogens with zero attached hydrogens (tertiary/aromatic N) is 2. The summed E-state index contributed by atoms with van der Waals surface area (Å²) >= 11 is 0. The van der Waals surface area contributed by atoms with Crippen molar-refractivity contribution in [2.75, 3.05) is 13.8 Å². The molecule has 0 spiro atoms. The minimum atomic E-state index is -1.33. The van der Waals surface area contributed by atoms with Crippen LogP contribution in [0.5, 0.6) is 0 Å². The van der Waals surface area contributed by atoms with E-state index in [0.29, 0.717) is 6.42 Å². The predicted octanol–water partition coefficient (Wildman–Crippen LogP) is 1.85. The van der Waals surface area contributed by atoms with Crippen LogP contribution in [-0.4, -0.2) is 64.4 Å². The number of carboxylic acids is 1. The number of β-lactam (4-membered cyclic amide) rings is 1. The molecule has 3 unspecified atom stereocenters. The number of hydrogen-bond acceptors (Lipinski definition) is 6. The number of hydrogen-bond donors (Lipinski definition) is 2. The van der Waals surface area contributed by atoms with Crippen molar-refractivity contribution in [3.63, 3.8) is 0 Å². The van der Waals surface area contributed by atoms with Gasteiger partial charge in [-0.05, 0) is 31.2 Å². The summed E-state index contributed by atoms with van der Waals surface area (Å²) in [5.74, 6) is 3.92. The molecule has 1 aromatic heterocycles. The molecule has 1 fully saturated rings. The molecular formula is C21H26FN3O5. The predicted molar refractivity (Wildman–Crippen MR) is 107 cm³/mol. The largest absolute Gasteiger partial charge is 0.481 e. The Morgan fingerprint density at radius 2 is 2.13 bits per heavy atom. The maximum absolute atomic E-state index is 13.4. The van der Waals surface area contributed by atoms with Crippen LogP contribution in [0.1, 0.15) is 25.5 Å². The highest BCUT2D eigenvalue weighted by Gasteiger charge is 2.62. The van der Waals surface area contributed by atoms with Crippen LogP contribution in [0.2, 0.25) is 0 Å². The van der Waals surface area contributed by atoms with Gasteiger partial charge >= 0.3 is 5.97 Å². The molecular weight excluding hydrogens is 393 g/mol. The number of carbonyl (C=O) groups excluding carboxylic acids is 1. The molecule has 3 rings (SSSR count). The third-order valence-corrected chi connectivity index (χ3v) is 6.01. The number of alkyl halides is 1. The van der Waals surface area contributed by atoms with Crippen LogP contribution in [-0.2, 0) is 25.6 Å². The lowest BCUT2D eigenvalue weighted by molar-refractivity contribution is -0.218. The number of amides is 1. The third kappa shape index (κ3) is 3.76. The first-order valence-corrected chi connectivity index (χ1v) is 9.73. The van der Waals surface area contributed by atoms with Gasteiger partial charge in [-0.15, -0.1) is 0 Å².